The summed E-state index contributed by atoms with van der Waals surface area (Å²) in [6.07, 6.45) is 40.8. The van der Waals surface area contributed by atoms with E-state index in [-0.39, 0.29) is 0 Å². The molecule has 6 fully saturated rings. The molecule has 0 saturated heterocycles. The minimum Gasteiger partial charge on any atom is -0.294 e. The van der Waals surface area contributed by atoms with Crippen LogP contribution in [0.15, 0.2) is 0 Å². The highest BCUT2D eigenvalue weighted by Crippen LogP contribution is 2.43. The molecule has 41 heavy (non-hydrogen) atoms. The van der Waals surface area contributed by atoms with Gasteiger partial charge in [0, 0.05) is 36.3 Å². The Morgan fingerprint density at radius 2 is 0.683 bits per heavy atom. The van der Waals surface area contributed by atoms with Crippen LogP contribution in [0.5, 0.6) is 0 Å². The third-order valence-corrected chi connectivity index (χ3v) is 13.8. The number of rotatable bonds is 8. The molecule has 4 unspecified atom stereocenters. The van der Waals surface area contributed by atoms with Crippen molar-refractivity contribution in [3.05, 3.63) is 0 Å². The van der Waals surface area contributed by atoms with Crippen molar-refractivity contribution in [2.75, 3.05) is 0 Å². The van der Waals surface area contributed by atoms with Crippen LogP contribution in [0.4, 0.5) is 0 Å². The maximum atomic E-state index is 3.20. The van der Waals surface area contributed by atoms with Crippen molar-refractivity contribution < 1.29 is 0 Å². The summed E-state index contributed by atoms with van der Waals surface area (Å²) in [5.41, 5.74) is 0. The van der Waals surface area contributed by atoms with Gasteiger partial charge in [-0.1, -0.05) is 78.1 Å². The first kappa shape index (κ1) is 30.9. The van der Waals surface area contributed by atoms with Gasteiger partial charge in [0.05, 0.1) is 0 Å². The van der Waals surface area contributed by atoms with Crippen LogP contribution < -0.4 is 0 Å². The van der Waals surface area contributed by atoms with Gasteiger partial charge in [-0.3, -0.25) is 9.80 Å². The smallest absolute Gasteiger partial charge is 0.0104 e. The van der Waals surface area contributed by atoms with Crippen molar-refractivity contribution in [1.82, 2.24) is 9.80 Å². The van der Waals surface area contributed by atoms with Crippen LogP contribution in [-0.4, -0.2) is 46.1 Å². The third-order valence-electron chi connectivity index (χ3n) is 13.8. The summed E-state index contributed by atoms with van der Waals surface area (Å²) in [6, 6.07) is 5.52. The fourth-order valence-corrected chi connectivity index (χ4v) is 11.7. The molecule has 6 rings (SSSR count). The zero-order valence-electron chi connectivity index (χ0n) is 27.8. The van der Waals surface area contributed by atoms with Crippen LogP contribution in [-0.2, 0) is 0 Å². The Kier molecular flexibility index (Phi) is 11.5. The van der Waals surface area contributed by atoms with E-state index in [1.54, 1.807) is 32.1 Å². The second kappa shape index (κ2) is 15.3. The highest BCUT2D eigenvalue weighted by atomic mass is 15.2. The Morgan fingerprint density at radius 3 is 1.05 bits per heavy atom. The molecule has 0 radical (unpaired) electrons. The first-order valence-electron chi connectivity index (χ1n) is 19.7. The Balaban J connectivity index is 0.997. The van der Waals surface area contributed by atoms with Crippen LogP contribution in [0.1, 0.15) is 187 Å². The first-order valence-corrected chi connectivity index (χ1v) is 19.7. The van der Waals surface area contributed by atoms with E-state index in [0.29, 0.717) is 0 Å². The van der Waals surface area contributed by atoms with Crippen molar-refractivity contribution >= 4 is 0 Å². The maximum Gasteiger partial charge on any atom is 0.0104 e. The maximum absolute atomic E-state index is 3.20. The lowest BCUT2D eigenvalue weighted by Crippen LogP contribution is -2.53. The fourth-order valence-electron chi connectivity index (χ4n) is 11.7. The zero-order chi connectivity index (χ0) is 28.0. The van der Waals surface area contributed by atoms with E-state index in [1.807, 2.05) is 0 Å². The summed E-state index contributed by atoms with van der Waals surface area (Å²) in [5.74, 6) is 4.00. The van der Waals surface area contributed by atoms with Crippen molar-refractivity contribution in [2.45, 2.75) is 223 Å². The molecule has 0 aromatic rings. The molecule has 0 heterocycles. The average molecular weight is 567 g/mol. The SMILES string of the molecule is CC1CCCC(N(C2CCCCC2)C2CCC(CC3CCC(N(C4CCCCC4)C4CCCC(C)C4)CC3)CC2)C1. The van der Waals surface area contributed by atoms with E-state index in [0.717, 1.165) is 59.9 Å². The normalized spacial score (nSPS) is 40.7. The van der Waals surface area contributed by atoms with Crippen LogP contribution >= 0.6 is 0 Å². The second-order valence-electron chi connectivity index (χ2n) is 16.9. The van der Waals surface area contributed by atoms with Gasteiger partial charge in [-0.05, 0) is 133 Å². The highest BCUT2D eigenvalue weighted by molar-refractivity contribution is 4.94. The Morgan fingerprint density at radius 1 is 0.341 bits per heavy atom. The molecule has 6 saturated carbocycles. The molecular weight excluding hydrogens is 496 g/mol. The number of hydrogen-bond acceptors (Lipinski definition) is 2. The van der Waals surface area contributed by atoms with Crippen LogP contribution in [0.2, 0.25) is 0 Å². The number of nitrogens with zero attached hydrogens (tertiary/aromatic N) is 2. The molecule has 2 nitrogen and oxygen atoms in total. The van der Waals surface area contributed by atoms with E-state index in [2.05, 4.69) is 23.6 Å². The summed E-state index contributed by atoms with van der Waals surface area (Å²) >= 11 is 0. The van der Waals surface area contributed by atoms with Gasteiger partial charge in [0.2, 0.25) is 0 Å². The molecule has 6 aliphatic rings. The lowest BCUT2D eigenvalue weighted by molar-refractivity contribution is -0.000393. The molecule has 236 valence electrons. The molecular formula is C39H70N2. The lowest BCUT2D eigenvalue weighted by atomic mass is 9.73. The fraction of sp³-hybridized carbons (Fsp3) is 1.00. The molecule has 0 bridgehead atoms. The van der Waals surface area contributed by atoms with Crippen LogP contribution in [0.25, 0.3) is 0 Å². The van der Waals surface area contributed by atoms with Crippen molar-refractivity contribution in [2.24, 2.45) is 23.7 Å². The van der Waals surface area contributed by atoms with Crippen molar-refractivity contribution in [3.8, 4) is 0 Å². The molecule has 0 N–H and O–H groups in total. The molecule has 6 aliphatic carbocycles. The topological polar surface area (TPSA) is 6.48 Å². The van der Waals surface area contributed by atoms with Gasteiger partial charge < -0.3 is 0 Å². The predicted molar refractivity (Wildman–Crippen MR) is 176 cm³/mol. The predicted octanol–water partition coefficient (Wildman–Crippen LogP) is 10.9. The minimum absolute atomic E-state index is 0.915. The van der Waals surface area contributed by atoms with Gasteiger partial charge in [0.1, 0.15) is 0 Å². The van der Waals surface area contributed by atoms with Gasteiger partial charge in [-0.15, -0.1) is 0 Å². The highest BCUT2D eigenvalue weighted by Gasteiger charge is 2.39. The van der Waals surface area contributed by atoms with Gasteiger partial charge in [-0.2, -0.15) is 0 Å². The largest absolute Gasteiger partial charge is 0.294 e. The van der Waals surface area contributed by atoms with Gasteiger partial charge >= 0.3 is 0 Å². The summed E-state index contributed by atoms with van der Waals surface area (Å²) in [6.45, 7) is 5.09. The standard InChI is InChI=1S/C39H70N2/c1-30-11-9-17-38(27-30)40(34-13-5-3-6-14-34)36-23-19-32(20-24-36)29-33-21-25-37(26-22-33)41(35-15-7-4-8-16-35)39-18-10-12-31(2)28-39/h30-39H,3-29H2,1-2H3. The zero-order valence-corrected chi connectivity index (χ0v) is 27.8. The van der Waals surface area contributed by atoms with E-state index in [4.69, 9.17) is 0 Å². The monoisotopic (exact) mass is 567 g/mol. The molecule has 0 aromatic carbocycles. The minimum atomic E-state index is 0.915. The van der Waals surface area contributed by atoms with Crippen molar-refractivity contribution in [1.29, 1.82) is 0 Å². The number of hydrogen-bond donors (Lipinski definition) is 0. The summed E-state index contributed by atoms with van der Waals surface area (Å²) in [5, 5.41) is 0. The van der Waals surface area contributed by atoms with Crippen LogP contribution in [0, 0.1) is 23.7 Å². The molecule has 4 atom stereocenters. The summed E-state index contributed by atoms with van der Waals surface area (Å²) in [7, 11) is 0. The molecule has 0 aliphatic heterocycles. The first-order chi connectivity index (χ1) is 20.1. The van der Waals surface area contributed by atoms with Gasteiger partial charge in [0.25, 0.3) is 0 Å². The van der Waals surface area contributed by atoms with E-state index < -0.39 is 0 Å². The Bertz CT molecular complexity index is 675. The average Bonchev–Trinajstić information content (AvgIpc) is 3.00. The van der Waals surface area contributed by atoms with Gasteiger partial charge in [0.15, 0.2) is 0 Å². The van der Waals surface area contributed by atoms with E-state index >= 15 is 0 Å². The Hall–Kier alpha value is -0.0800. The quantitative estimate of drug-likeness (QED) is 0.288. The molecule has 2 heteroatoms. The molecule has 0 aromatic heterocycles. The third kappa shape index (κ3) is 8.15. The lowest BCUT2D eigenvalue weighted by Gasteiger charge is -2.50. The molecule has 0 spiro atoms. The second-order valence-corrected chi connectivity index (χ2v) is 16.9. The Labute approximate surface area is 256 Å². The van der Waals surface area contributed by atoms with E-state index in [1.165, 1.54) is 141 Å². The van der Waals surface area contributed by atoms with E-state index in [9.17, 15) is 0 Å². The summed E-state index contributed by atoms with van der Waals surface area (Å²) in [4.78, 5) is 6.39. The van der Waals surface area contributed by atoms with Crippen LogP contribution in [0.3, 0.4) is 0 Å². The summed E-state index contributed by atoms with van der Waals surface area (Å²) < 4.78 is 0. The van der Waals surface area contributed by atoms with Crippen molar-refractivity contribution in [3.63, 3.8) is 0 Å². The molecule has 0 amide bonds. The van der Waals surface area contributed by atoms with Gasteiger partial charge in [-0.25, -0.2) is 0 Å².